The van der Waals surface area contributed by atoms with Crippen molar-refractivity contribution in [2.45, 2.75) is 39.0 Å². The first-order valence-electron chi connectivity index (χ1n) is 7.39. The number of nitrogens with zero attached hydrogens (tertiary/aromatic N) is 1. The Morgan fingerprint density at radius 3 is 2.90 bits per heavy atom. The van der Waals surface area contributed by atoms with Gasteiger partial charge in [0.25, 0.3) is 0 Å². The van der Waals surface area contributed by atoms with Crippen molar-refractivity contribution in [2.75, 3.05) is 0 Å². The second-order valence-electron chi connectivity index (χ2n) is 5.21. The Hall–Kier alpha value is -2.03. The average Bonchev–Trinajstić information content (AvgIpc) is 3.09. The highest BCUT2D eigenvalue weighted by molar-refractivity contribution is 5.79. The van der Waals surface area contributed by atoms with Crippen LogP contribution in [0.25, 0.3) is 22.4 Å². The summed E-state index contributed by atoms with van der Waals surface area (Å²) in [6, 6.07) is 10.2. The summed E-state index contributed by atoms with van der Waals surface area (Å²) >= 11 is 0. The zero-order valence-corrected chi connectivity index (χ0v) is 11.9. The van der Waals surface area contributed by atoms with Crippen molar-refractivity contribution in [1.29, 1.82) is 0 Å². The SMILES string of the molecule is CCCCCCc1cc(-c2nc3ccccc3[nH]2)co1. The van der Waals surface area contributed by atoms with Crippen LogP contribution in [0.3, 0.4) is 0 Å². The second kappa shape index (κ2) is 5.95. The number of unbranched alkanes of at least 4 members (excludes halogenated alkanes) is 3. The summed E-state index contributed by atoms with van der Waals surface area (Å²) in [7, 11) is 0. The molecule has 0 fully saturated rings. The van der Waals surface area contributed by atoms with Crippen LogP contribution in [0, 0.1) is 0 Å². The van der Waals surface area contributed by atoms with E-state index in [9.17, 15) is 0 Å². The third-order valence-electron chi connectivity index (χ3n) is 3.59. The lowest BCUT2D eigenvalue weighted by atomic mass is 10.1. The quantitative estimate of drug-likeness (QED) is 0.643. The van der Waals surface area contributed by atoms with Gasteiger partial charge in [-0.1, -0.05) is 38.3 Å². The van der Waals surface area contributed by atoms with Crippen LogP contribution in [0.15, 0.2) is 41.0 Å². The molecule has 3 aromatic rings. The molecule has 3 rings (SSSR count). The Morgan fingerprint density at radius 2 is 2.05 bits per heavy atom. The maximum atomic E-state index is 5.64. The first kappa shape index (κ1) is 13.0. The zero-order valence-electron chi connectivity index (χ0n) is 11.9. The van der Waals surface area contributed by atoms with Crippen LogP contribution in [0.1, 0.15) is 38.4 Å². The lowest BCUT2D eigenvalue weighted by Crippen LogP contribution is -1.82. The smallest absolute Gasteiger partial charge is 0.141 e. The fourth-order valence-corrected chi connectivity index (χ4v) is 2.45. The molecule has 0 saturated heterocycles. The highest BCUT2D eigenvalue weighted by atomic mass is 16.3. The number of aryl methyl sites for hydroxylation is 1. The number of benzene rings is 1. The van der Waals surface area contributed by atoms with Gasteiger partial charge >= 0.3 is 0 Å². The number of hydrogen-bond donors (Lipinski definition) is 1. The van der Waals surface area contributed by atoms with E-state index in [1.54, 1.807) is 6.26 Å². The Balaban J connectivity index is 1.72. The van der Waals surface area contributed by atoms with Gasteiger partial charge in [0, 0.05) is 6.42 Å². The predicted molar refractivity (Wildman–Crippen MR) is 81.6 cm³/mol. The number of imidazole rings is 1. The molecule has 0 radical (unpaired) electrons. The first-order chi connectivity index (χ1) is 9.86. The summed E-state index contributed by atoms with van der Waals surface area (Å²) in [5, 5.41) is 0. The minimum absolute atomic E-state index is 0.884. The molecule has 104 valence electrons. The van der Waals surface area contributed by atoms with Crippen LogP contribution in [0.2, 0.25) is 0 Å². The largest absolute Gasteiger partial charge is 0.469 e. The van der Waals surface area contributed by atoms with E-state index in [0.29, 0.717) is 0 Å². The molecule has 2 heterocycles. The molecule has 0 spiro atoms. The van der Waals surface area contributed by atoms with Gasteiger partial charge in [-0.15, -0.1) is 0 Å². The van der Waals surface area contributed by atoms with Gasteiger partial charge < -0.3 is 9.40 Å². The maximum Gasteiger partial charge on any atom is 0.141 e. The molecular formula is C17H20N2O. The standard InChI is InChI=1S/C17H20N2O/c1-2-3-4-5-8-14-11-13(12-20-14)17-18-15-9-6-7-10-16(15)19-17/h6-7,9-12H,2-5,8H2,1H3,(H,18,19). The van der Waals surface area contributed by atoms with Crippen LogP contribution < -0.4 is 0 Å². The topological polar surface area (TPSA) is 41.8 Å². The monoisotopic (exact) mass is 268 g/mol. The molecule has 3 heteroatoms. The molecule has 1 N–H and O–H groups in total. The van der Waals surface area contributed by atoms with Crippen LogP contribution in [0.4, 0.5) is 0 Å². The minimum Gasteiger partial charge on any atom is -0.469 e. The lowest BCUT2D eigenvalue weighted by Gasteiger charge is -1.95. The zero-order chi connectivity index (χ0) is 13.8. The predicted octanol–water partition coefficient (Wildman–Crippen LogP) is 4.95. The number of nitrogens with one attached hydrogen (secondary N) is 1. The Morgan fingerprint density at radius 1 is 1.15 bits per heavy atom. The molecule has 0 aliphatic carbocycles. The Kier molecular flexibility index (Phi) is 3.86. The van der Waals surface area contributed by atoms with Crippen molar-refractivity contribution in [1.82, 2.24) is 9.97 Å². The van der Waals surface area contributed by atoms with Crippen LogP contribution >= 0.6 is 0 Å². The molecule has 0 unspecified atom stereocenters. The number of furan rings is 1. The highest BCUT2D eigenvalue weighted by Gasteiger charge is 2.08. The summed E-state index contributed by atoms with van der Waals surface area (Å²) in [5.41, 5.74) is 3.09. The Labute approximate surface area is 119 Å². The lowest BCUT2D eigenvalue weighted by molar-refractivity contribution is 0.495. The molecular weight excluding hydrogens is 248 g/mol. The molecule has 0 aliphatic heterocycles. The van der Waals surface area contributed by atoms with Crippen molar-refractivity contribution in [2.24, 2.45) is 0 Å². The third-order valence-corrected chi connectivity index (χ3v) is 3.59. The average molecular weight is 268 g/mol. The number of para-hydroxylation sites is 2. The van der Waals surface area contributed by atoms with E-state index in [4.69, 9.17) is 4.42 Å². The maximum absolute atomic E-state index is 5.64. The summed E-state index contributed by atoms with van der Waals surface area (Å²) in [6.45, 7) is 2.23. The van der Waals surface area contributed by atoms with Gasteiger partial charge in [0.05, 0.1) is 16.6 Å². The van der Waals surface area contributed by atoms with E-state index < -0.39 is 0 Å². The van der Waals surface area contributed by atoms with Gasteiger partial charge in [0.15, 0.2) is 0 Å². The number of H-pyrrole nitrogens is 1. The second-order valence-corrected chi connectivity index (χ2v) is 5.21. The summed E-state index contributed by atoms with van der Waals surface area (Å²) in [5.74, 6) is 1.94. The van der Waals surface area contributed by atoms with E-state index in [-0.39, 0.29) is 0 Å². The highest BCUT2D eigenvalue weighted by Crippen LogP contribution is 2.23. The van der Waals surface area contributed by atoms with Gasteiger partial charge in [-0.25, -0.2) is 4.98 Å². The van der Waals surface area contributed by atoms with Crippen molar-refractivity contribution >= 4 is 11.0 Å². The van der Waals surface area contributed by atoms with Crippen molar-refractivity contribution in [3.05, 3.63) is 42.4 Å². The molecule has 0 bridgehead atoms. The summed E-state index contributed by atoms with van der Waals surface area (Å²) < 4.78 is 5.64. The molecule has 3 nitrogen and oxygen atoms in total. The van der Waals surface area contributed by atoms with E-state index in [0.717, 1.165) is 34.6 Å². The fourth-order valence-electron chi connectivity index (χ4n) is 2.45. The first-order valence-corrected chi connectivity index (χ1v) is 7.39. The van der Waals surface area contributed by atoms with Gasteiger partial charge in [0.1, 0.15) is 17.8 Å². The molecule has 0 atom stereocenters. The van der Waals surface area contributed by atoms with Gasteiger partial charge in [-0.2, -0.15) is 0 Å². The summed E-state index contributed by atoms with van der Waals surface area (Å²) in [6.07, 6.45) is 7.85. The van der Waals surface area contributed by atoms with Gasteiger partial charge in [0.2, 0.25) is 0 Å². The van der Waals surface area contributed by atoms with Gasteiger partial charge in [-0.05, 0) is 24.6 Å². The molecule has 2 aromatic heterocycles. The minimum atomic E-state index is 0.884. The van der Waals surface area contributed by atoms with Crippen molar-refractivity contribution in [3.63, 3.8) is 0 Å². The number of rotatable bonds is 6. The molecule has 0 aliphatic rings. The molecule has 1 aromatic carbocycles. The normalized spacial score (nSPS) is 11.2. The van der Waals surface area contributed by atoms with Crippen molar-refractivity contribution < 1.29 is 4.42 Å². The fraction of sp³-hybridized carbons (Fsp3) is 0.353. The number of fused-ring (bicyclic) bond motifs is 1. The molecule has 0 amide bonds. The van der Waals surface area contributed by atoms with Crippen LogP contribution in [-0.2, 0) is 6.42 Å². The Bertz CT molecular complexity index is 648. The van der Waals surface area contributed by atoms with Crippen LogP contribution in [-0.4, -0.2) is 9.97 Å². The third kappa shape index (κ3) is 2.77. The molecule has 20 heavy (non-hydrogen) atoms. The van der Waals surface area contributed by atoms with E-state index in [2.05, 4.69) is 23.0 Å². The molecule has 0 saturated carbocycles. The van der Waals surface area contributed by atoms with Crippen LogP contribution in [0.5, 0.6) is 0 Å². The number of aromatic amines is 1. The van der Waals surface area contributed by atoms with E-state index in [1.165, 1.54) is 25.7 Å². The number of aromatic nitrogens is 2. The number of hydrogen-bond acceptors (Lipinski definition) is 2. The van der Waals surface area contributed by atoms with Gasteiger partial charge in [-0.3, -0.25) is 0 Å². The van der Waals surface area contributed by atoms with E-state index >= 15 is 0 Å². The van der Waals surface area contributed by atoms with Crippen molar-refractivity contribution in [3.8, 4) is 11.4 Å². The summed E-state index contributed by atoms with van der Waals surface area (Å²) in [4.78, 5) is 7.92. The van der Waals surface area contributed by atoms with E-state index in [1.807, 2.05) is 24.3 Å².